The number of fused-ring (bicyclic) bond motifs is 1. The average Bonchev–Trinajstić information content (AvgIpc) is 2.86. The molecule has 1 aromatic heterocycles. The van der Waals surface area contributed by atoms with E-state index in [-0.39, 0.29) is 5.91 Å². The molecule has 0 saturated heterocycles. The highest BCUT2D eigenvalue weighted by atomic mass is 127. The van der Waals surface area contributed by atoms with Gasteiger partial charge in [0.05, 0.1) is 9.91 Å². The molecule has 2 aromatic rings. The molecular weight excluding hydrogens is 381 g/mol. The minimum absolute atomic E-state index is 0.0588. The first kappa shape index (κ1) is 12.2. The summed E-state index contributed by atoms with van der Waals surface area (Å²) in [5.74, 6) is -0.0588. The molecule has 0 unspecified atom stereocenters. The van der Waals surface area contributed by atoms with E-state index in [0.29, 0.717) is 5.57 Å². The summed E-state index contributed by atoms with van der Waals surface area (Å²) in [7, 11) is 0. The summed E-state index contributed by atoms with van der Waals surface area (Å²) in [6, 6.07) is 9.66. The highest BCUT2D eigenvalue weighted by Gasteiger charge is 2.24. The minimum atomic E-state index is -0.0588. The van der Waals surface area contributed by atoms with Gasteiger partial charge in [0.25, 0.3) is 5.91 Å². The van der Waals surface area contributed by atoms with Crippen molar-refractivity contribution in [2.45, 2.75) is 0 Å². The Balaban J connectivity index is 2.11. The molecule has 1 aliphatic rings. The third-order valence-corrected chi connectivity index (χ3v) is 4.49. The standard InChI is InChI=1S/C13H7ClINOS/c14-12-4-2-8(18-12)6-10-9-5-7(15)1-3-11(9)16-13(10)17/h1-6H,(H,16,17). The zero-order valence-corrected chi connectivity index (χ0v) is 12.8. The van der Waals surface area contributed by atoms with Crippen LogP contribution in [-0.2, 0) is 4.79 Å². The molecule has 1 aromatic carbocycles. The minimum Gasteiger partial charge on any atom is -0.321 e. The lowest BCUT2D eigenvalue weighted by molar-refractivity contribution is -0.110. The molecule has 0 atom stereocenters. The molecule has 1 N–H and O–H groups in total. The molecule has 0 saturated carbocycles. The van der Waals surface area contributed by atoms with E-state index >= 15 is 0 Å². The van der Waals surface area contributed by atoms with Gasteiger partial charge in [0.2, 0.25) is 0 Å². The number of thiophene rings is 1. The fourth-order valence-electron chi connectivity index (χ4n) is 1.85. The smallest absolute Gasteiger partial charge is 0.256 e. The maximum absolute atomic E-state index is 11.9. The number of amides is 1. The summed E-state index contributed by atoms with van der Waals surface area (Å²) in [6.45, 7) is 0. The quantitative estimate of drug-likeness (QED) is 0.566. The molecule has 0 fully saturated rings. The van der Waals surface area contributed by atoms with Crippen molar-refractivity contribution in [1.82, 2.24) is 0 Å². The van der Waals surface area contributed by atoms with Crippen LogP contribution in [0.5, 0.6) is 0 Å². The van der Waals surface area contributed by atoms with Crippen LogP contribution in [0.25, 0.3) is 11.6 Å². The van der Waals surface area contributed by atoms with Gasteiger partial charge in [0.15, 0.2) is 0 Å². The number of halogens is 2. The van der Waals surface area contributed by atoms with Crippen LogP contribution in [0.3, 0.4) is 0 Å². The van der Waals surface area contributed by atoms with Gasteiger partial charge in [-0.25, -0.2) is 0 Å². The van der Waals surface area contributed by atoms with Crippen LogP contribution in [0.4, 0.5) is 5.69 Å². The second-order valence-electron chi connectivity index (χ2n) is 3.84. The highest BCUT2D eigenvalue weighted by Crippen LogP contribution is 2.35. The summed E-state index contributed by atoms with van der Waals surface area (Å²) in [5.41, 5.74) is 2.52. The van der Waals surface area contributed by atoms with Gasteiger partial charge in [-0.05, 0) is 59.0 Å². The topological polar surface area (TPSA) is 29.1 Å². The van der Waals surface area contributed by atoms with Gasteiger partial charge in [-0.15, -0.1) is 11.3 Å². The van der Waals surface area contributed by atoms with Gasteiger partial charge in [-0.2, -0.15) is 0 Å². The van der Waals surface area contributed by atoms with E-state index in [4.69, 9.17) is 11.6 Å². The normalized spacial score (nSPS) is 15.9. The van der Waals surface area contributed by atoms with Crippen LogP contribution >= 0.6 is 45.5 Å². The van der Waals surface area contributed by atoms with Crippen molar-refractivity contribution < 1.29 is 4.79 Å². The molecule has 0 bridgehead atoms. The molecule has 18 heavy (non-hydrogen) atoms. The van der Waals surface area contributed by atoms with Crippen LogP contribution in [-0.4, -0.2) is 5.91 Å². The van der Waals surface area contributed by atoms with Gasteiger partial charge >= 0.3 is 0 Å². The molecule has 1 amide bonds. The van der Waals surface area contributed by atoms with E-state index in [9.17, 15) is 4.79 Å². The molecular formula is C13H7ClINOS. The predicted molar refractivity (Wildman–Crippen MR) is 85.0 cm³/mol. The largest absolute Gasteiger partial charge is 0.321 e. The first-order valence-electron chi connectivity index (χ1n) is 5.22. The number of carbonyl (C=O) groups excluding carboxylic acids is 1. The Labute approximate surface area is 127 Å². The Morgan fingerprint density at radius 3 is 2.83 bits per heavy atom. The van der Waals surface area contributed by atoms with Crippen molar-refractivity contribution in [2.75, 3.05) is 5.32 Å². The van der Waals surface area contributed by atoms with E-state index in [1.807, 2.05) is 36.4 Å². The number of nitrogens with one attached hydrogen (secondary N) is 1. The molecule has 0 spiro atoms. The molecule has 0 aliphatic carbocycles. The molecule has 2 heterocycles. The molecule has 0 radical (unpaired) electrons. The number of carbonyl (C=O) groups is 1. The molecule has 1 aliphatic heterocycles. The Morgan fingerprint density at radius 2 is 2.11 bits per heavy atom. The van der Waals surface area contributed by atoms with Gasteiger partial charge in [0.1, 0.15) is 0 Å². The monoisotopic (exact) mass is 387 g/mol. The van der Waals surface area contributed by atoms with Crippen LogP contribution in [0.1, 0.15) is 10.4 Å². The number of anilines is 1. The Kier molecular flexibility index (Phi) is 3.17. The van der Waals surface area contributed by atoms with Crippen LogP contribution < -0.4 is 5.32 Å². The highest BCUT2D eigenvalue weighted by molar-refractivity contribution is 14.1. The van der Waals surface area contributed by atoms with E-state index in [1.165, 1.54) is 11.3 Å². The Bertz CT molecular complexity index is 677. The molecule has 2 nitrogen and oxygen atoms in total. The fourth-order valence-corrected chi connectivity index (χ4v) is 3.35. The van der Waals surface area contributed by atoms with Gasteiger partial charge in [0, 0.05) is 19.7 Å². The van der Waals surface area contributed by atoms with E-state index < -0.39 is 0 Å². The first-order valence-corrected chi connectivity index (χ1v) is 7.49. The molecule has 5 heteroatoms. The zero-order valence-electron chi connectivity index (χ0n) is 9.04. The summed E-state index contributed by atoms with van der Waals surface area (Å²) < 4.78 is 1.83. The SMILES string of the molecule is O=C1Nc2ccc(I)cc2C1=Cc1ccc(Cl)s1. The number of benzene rings is 1. The van der Waals surface area contributed by atoms with Crippen LogP contribution in [0, 0.1) is 3.57 Å². The van der Waals surface area contributed by atoms with Crippen molar-refractivity contribution in [2.24, 2.45) is 0 Å². The average molecular weight is 388 g/mol. The first-order chi connectivity index (χ1) is 8.63. The van der Waals surface area contributed by atoms with Crippen molar-refractivity contribution in [1.29, 1.82) is 0 Å². The summed E-state index contributed by atoms with van der Waals surface area (Å²) in [6.07, 6.45) is 1.88. The molecule has 3 rings (SSSR count). The van der Waals surface area contributed by atoms with Gasteiger partial charge in [-0.3, -0.25) is 4.79 Å². The lowest BCUT2D eigenvalue weighted by Gasteiger charge is -1.98. The van der Waals surface area contributed by atoms with Crippen molar-refractivity contribution in [3.63, 3.8) is 0 Å². The van der Waals surface area contributed by atoms with E-state index in [2.05, 4.69) is 27.9 Å². The number of hydrogen-bond acceptors (Lipinski definition) is 2. The van der Waals surface area contributed by atoms with Crippen molar-refractivity contribution >= 4 is 68.8 Å². The Morgan fingerprint density at radius 1 is 1.28 bits per heavy atom. The lowest BCUT2D eigenvalue weighted by Crippen LogP contribution is -2.03. The van der Waals surface area contributed by atoms with Crippen molar-refractivity contribution in [3.05, 3.63) is 48.7 Å². The van der Waals surface area contributed by atoms with Crippen LogP contribution in [0.2, 0.25) is 4.34 Å². The maximum Gasteiger partial charge on any atom is 0.256 e. The van der Waals surface area contributed by atoms with Gasteiger partial charge in [-0.1, -0.05) is 11.6 Å². The van der Waals surface area contributed by atoms with E-state index in [0.717, 1.165) is 24.0 Å². The lowest BCUT2D eigenvalue weighted by atomic mass is 10.1. The maximum atomic E-state index is 11.9. The van der Waals surface area contributed by atoms with Crippen molar-refractivity contribution in [3.8, 4) is 0 Å². The summed E-state index contributed by atoms with van der Waals surface area (Å²) in [5, 5.41) is 2.86. The van der Waals surface area contributed by atoms with Gasteiger partial charge < -0.3 is 5.32 Å². The Hall–Kier alpha value is -0.850. The zero-order chi connectivity index (χ0) is 12.7. The summed E-state index contributed by atoms with van der Waals surface area (Å²) >= 11 is 9.60. The number of hydrogen-bond donors (Lipinski definition) is 1. The predicted octanol–water partition coefficient (Wildman–Crippen LogP) is 4.50. The summed E-state index contributed by atoms with van der Waals surface area (Å²) in [4.78, 5) is 12.9. The second kappa shape index (κ2) is 4.68. The molecule has 90 valence electrons. The third-order valence-electron chi connectivity index (χ3n) is 2.65. The number of rotatable bonds is 1. The third kappa shape index (κ3) is 2.20. The fraction of sp³-hybridized carbons (Fsp3) is 0. The van der Waals surface area contributed by atoms with E-state index in [1.54, 1.807) is 0 Å². The van der Waals surface area contributed by atoms with Crippen LogP contribution in [0.15, 0.2) is 30.3 Å². The second-order valence-corrected chi connectivity index (χ2v) is 6.84.